The monoisotopic (exact) mass is 375 g/mol. The molecule has 0 fully saturated rings. The van der Waals surface area contributed by atoms with E-state index in [2.05, 4.69) is 22.6 Å². The van der Waals surface area contributed by atoms with Crippen molar-refractivity contribution < 1.29 is 13.9 Å². The number of halogens is 2. The van der Waals surface area contributed by atoms with Gasteiger partial charge in [0.05, 0.1) is 5.52 Å². The zero-order valence-corrected chi connectivity index (χ0v) is 13.2. The Morgan fingerprint density at radius 2 is 2.11 bits per heavy atom. The van der Waals surface area contributed by atoms with Crippen LogP contribution >= 0.6 is 22.6 Å². The fourth-order valence-corrected chi connectivity index (χ4v) is 2.46. The number of aromatic nitrogens is 1. The van der Waals surface area contributed by atoms with Gasteiger partial charge in [-0.2, -0.15) is 0 Å². The van der Waals surface area contributed by atoms with Crippen molar-refractivity contribution in [3.8, 4) is 0 Å². The highest BCUT2D eigenvalue weighted by atomic mass is 127. The number of carbonyl (C=O) groups excluding carboxylic acids is 1. The molecule has 0 saturated carbocycles. The predicted octanol–water partition coefficient (Wildman–Crippen LogP) is 4.50. The van der Waals surface area contributed by atoms with Crippen LogP contribution in [0.2, 0.25) is 0 Å². The highest BCUT2D eigenvalue weighted by molar-refractivity contribution is 14.1. The Balaban J connectivity index is 2.56. The van der Waals surface area contributed by atoms with Crippen LogP contribution in [0.15, 0.2) is 24.4 Å². The molecule has 102 valence electrons. The zero-order chi connectivity index (χ0) is 14.2. The van der Waals surface area contributed by atoms with Gasteiger partial charge in [-0.25, -0.2) is 9.18 Å². The Bertz CT molecular complexity index is 628. The summed E-state index contributed by atoms with van der Waals surface area (Å²) in [6.07, 6.45) is 1.16. The summed E-state index contributed by atoms with van der Waals surface area (Å²) in [6.45, 7) is 5.41. The first-order valence-corrected chi connectivity index (χ1v) is 7.44. The second kappa shape index (κ2) is 5.11. The molecular weight excluding hydrogens is 360 g/mol. The first kappa shape index (κ1) is 14.3. The molecule has 0 aliphatic heterocycles. The third-order valence-electron chi connectivity index (χ3n) is 2.59. The van der Waals surface area contributed by atoms with Gasteiger partial charge in [-0.1, -0.05) is 28.7 Å². The summed E-state index contributed by atoms with van der Waals surface area (Å²) in [4.78, 5) is 12.1. The molecule has 0 bridgehead atoms. The van der Waals surface area contributed by atoms with E-state index in [1.807, 2.05) is 0 Å². The van der Waals surface area contributed by atoms with Crippen LogP contribution in [-0.4, -0.2) is 16.3 Å². The van der Waals surface area contributed by atoms with Crippen molar-refractivity contribution in [3.63, 3.8) is 0 Å². The summed E-state index contributed by atoms with van der Waals surface area (Å²) in [5.74, 6) is -0.313. The van der Waals surface area contributed by atoms with Crippen molar-refractivity contribution in [2.75, 3.05) is 0 Å². The van der Waals surface area contributed by atoms with Crippen molar-refractivity contribution in [1.82, 2.24) is 4.57 Å². The number of hydrogen-bond acceptors (Lipinski definition) is 2. The fourth-order valence-electron chi connectivity index (χ4n) is 1.88. The van der Waals surface area contributed by atoms with Gasteiger partial charge < -0.3 is 4.74 Å². The van der Waals surface area contributed by atoms with Crippen LogP contribution < -0.4 is 0 Å². The van der Waals surface area contributed by atoms with Crippen LogP contribution in [0.3, 0.4) is 0 Å². The third kappa shape index (κ3) is 2.91. The van der Waals surface area contributed by atoms with Gasteiger partial charge in [0.2, 0.25) is 0 Å². The molecule has 5 heteroatoms. The second-order valence-electron chi connectivity index (χ2n) is 5.27. The normalized spacial score (nSPS) is 11.8. The number of hydrogen-bond donors (Lipinski definition) is 0. The van der Waals surface area contributed by atoms with E-state index in [-0.39, 0.29) is 5.82 Å². The minimum atomic E-state index is -0.578. The Morgan fingerprint density at radius 3 is 2.68 bits per heavy atom. The van der Waals surface area contributed by atoms with Crippen LogP contribution in [0, 0.1) is 5.82 Å². The quantitative estimate of drug-likeness (QED) is 0.543. The van der Waals surface area contributed by atoms with Gasteiger partial charge in [-0.15, -0.1) is 0 Å². The number of rotatable bonds is 1. The molecule has 0 N–H and O–H groups in total. The van der Waals surface area contributed by atoms with E-state index in [4.69, 9.17) is 4.74 Å². The van der Waals surface area contributed by atoms with Crippen LogP contribution in [0.25, 0.3) is 10.9 Å². The van der Waals surface area contributed by atoms with Crippen molar-refractivity contribution in [1.29, 1.82) is 0 Å². The first-order valence-electron chi connectivity index (χ1n) is 5.91. The highest BCUT2D eigenvalue weighted by Crippen LogP contribution is 2.27. The molecule has 0 unspecified atom stereocenters. The average Bonchev–Trinajstić information content (AvgIpc) is 2.67. The van der Waals surface area contributed by atoms with Crippen LogP contribution in [0.1, 0.15) is 26.3 Å². The van der Waals surface area contributed by atoms with E-state index >= 15 is 0 Å². The number of benzene rings is 1. The summed E-state index contributed by atoms with van der Waals surface area (Å²) >= 11 is 2.15. The van der Waals surface area contributed by atoms with Crippen molar-refractivity contribution in [2.45, 2.75) is 30.8 Å². The molecule has 0 radical (unpaired) electrons. The van der Waals surface area contributed by atoms with E-state index in [1.165, 1.54) is 10.6 Å². The first-order chi connectivity index (χ1) is 8.83. The minimum absolute atomic E-state index is 0.313. The lowest BCUT2D eigenvalue weighted by Crippen LogP contribution is -2.26. The highest BCUT2D eigenvalue weighted by Gasteiger charge is 2.21. The Labute approximate surface area is 124 Å². The second-order valence-corrected chi connectivity index (χ2v) is 6.04. The summed E-state index contributed by atoms with van der Waals surface area (Å²) in [6, 6.07) is 4.71. The van der Waals surface area contributed by atoms with E-state index in [0.29, 0.717) is 15.3 Å². The van der Waals surface area contributed by atoms with E-state index in [9.17, 15) is 9.18 Å². The molecule has 0 spiro atoms. The van der Waals surface area contributed by atoms with Gasteiger partial charge in [0, 0.05) is 16.0 Å². The van der Waals surface area contributed by atoms with Gasteiger partial charge in [-0.3, -0.25) is 4.57 Å². The van der Waals surface area contributed by atoms with E-state index in [0.717, 1.165) is 5.56 Å². The number of ether oxygens (including phenoxy) is 1. The maximum Gasteiger partial charge on any atom is 0.419 e. The lowest BCUT2D eigenvalue weighted by Gasteiger charge is -2.19. The maximum absolute atomic E-state index is 13.9. The smallest absolute Gasteiger partial charge is 0.419 e. The van der Waals surface area contributed by atoms with Crippen LogP contribution in [-0.2, 0) is 9.16 Å². The standard InChI is InChI=1S/C14H15FINO2/c1-14(2,3)19-13(18)17-8-9(7-16)12-10(15)5-4-6-11(12)17/h4-6,8H,7H2,1-3H3. The van der Waals surface area contributed by atoms with Gasteiger partial charge in [0.15, 0.2) is 0 Å². The largest absolute Gasteiger partial charge is 0.443 e. The molecule has 0 saturated heterocycles. The van der Waals surface area contributed by atoms with Crippen LogP contribution in [0.5, 0.6) is 0 Å². The molecular formula is C14H15FINO2. The zero-order valence-electron chi connectivity index (χ0n) is 11.0. The third-order valence-corrected chi connectivity index (χ3v) is 3.41. The van der Waals surface area contributed by atoms with Gasteiger partial charge in [0.1, 0.15) is 11.4 Å². The maximum atomic E-state index is 13.9. The summed E-state index contributed by atoms with van der Waals surface area (Å²) < 4.78 is 21.2. The number of fused-ring (bicyclic) bond motifs is 1. The molecule has 1 aromatic carbocycles. The van der Waals surface area contributed by atoms with Gasteiger partial charge >= 0.3 is 6.09 Å². The SMILES string of the molecule is CC(C)(C)OC(=O)n1cc(CI)c2c(F)cccc21. The van der Waals surface area contributed by atoms with Crippen molar-refractivity contribution in [3.05, 3.63) is 35.8 Å². The molecule has 2 rings (SSSR count). The topological polar surface area (TPSA) is 31.2 Å². The number of carbonyl (C=O) groups is 1. The fraction of sp³-hybridized carbons (Fsp3) is 0.357. The number of alkyl halides is 1. The number of nitrogens with zero attached hydrogens (tertiary/aromatic N) is 1. The minimum Gasteiger partial charge on any atom is -0.443 e. The molecule has 19 heavy (non-hydrogen) atoms. The van der Waals surface area contributed by atoms with Crippen LogP contribution in [0.4, 0.5) is 9.18 Å². The molecule has 0 aliphatic carbocycles. The summed E-state index contributed by atoms with van der Waals surface area (Å²) in [7, 11) is 0. The van der Waals surface area contributed by atoms with Crippen molar-refractivity contribution in [2.24, 2.45) is 0 Å². The Morgan fingerprint density at radius 1 is 1.42 bits per heavy atom. The Hall–Kier alpha value is -1.11. The van der Waals surface area contributed by atoms with E-state index in [1.54, 1.807) is 39.1 Å². The molecule has 1 aromatic heterocycles. The summed E-state index contributed by atoms with van der Waals surface area (Å²) in [5, 5.41) is 0.489. The summed E-state index contributed by atoms with van der Waals surface area (Å²) in [5.41, 5.74) is 0.756. The molecule has 1 heterocycles. The molecule has 3 nitrogen and oxygen atoms in total. The average molecular weight is 375 g/mol. The lowest BCUT2D eigenvalue weighted by molar-refractivity contribution is 0.0544. The molecule has 0 amide bonds. The molecule has 0 atom stereocenters. The predicted molar refractivity (Wildman–Crippen MR) is 81.3 cm³/mol. The van der Waals surface area contributed by atoms with E-state index < -0.39 is 11.7 Å². The molecule has 2 aromatic rings. The Kier molecular flexibility index (Phi) is 3.85. The van der Waals surface area contributed by atoms with Crippen molar-refractivity contribution >= 4 is 39.6 Å². The molecule has 0 aliphatic rings. The van der Waals surface area contributed by atoms with Gasteiger partial charge in [-0.05, 0) is 38.5 Å². The lowest BCUT2D eigenvalue weighted by atomic mass is 10.2. The van der Waals surface area contributed by atoms with Gasteiger partial charge in [0.25, 0.3) is 0 Å².